The van der Waals surface area contributed by atoms with Crippen LogP contribution in [0.5, 0.6) is 0 Å². The van der Waals surface area contributed by atoms with E-state index in [0.29, 0.717) is 0 Å². The van der Waals surface area contributed by atoms with Crippen molar-refractivity contribution >= 4 is 23.3 Å². The van der Waals surface area contributed by atoms with Crippen molar-refractivity contribution in [2.45, 2.75) is 0 Å². The Balaban J connectivity index is 2.91. The predicted molar refractivity (Wildman–Crippen MR) is 40.4 cm³/mol. The maximum absolute atomic E-state index is 10.8. The number of aromatic carboxylic acids is 1. The van der Waals surface area contributed by atoms with Crippen molar-refractivity contribution in [1.29, 1.82) is 0 Å². The largest absolute Gasteiger partial charge is 0.476 e. The van der Waals surface area contributed by atoms with E-state index in [2.05, 4.69) is 9.72 Å². The molecule has 0 radical (unpaired) electrons. The van der Waals surface area contributed by atoms with Gasteiger partial charge in [0.25, 0.3) is 0 Å². The van der Waals surface area contributed by atoms with Gasteiger partial charge in [-0.1, -0.05) is 0 Å². The van der Waals surface area contributed by atoms with Crippen LogP contribution in [0.2, 0.25) is 0 Å². The molecule has 1 aromatic rings. The van der Waals surface area contributed by atoms with Gasteiger partial charge < -0.3 is 9.84 Å². The minimum Gasteiger partial charge on any atom is -0.476 e. The third-order valence-electron chi connectivity index (χ3n) is 1.08. The summed E-state index contributed by atoms with van der Waals surface area (Å²) in [6, 6.07) is 0. The van der Waals surface area contributed by atoms with Gasteiger partial charge >= 0.3 is 11.9 Å². The highest BCUT2D eigenvalue weighted by Gasteiger charge is 2.14. The normalized spacial score (nSPS) is 9.42. The predicted octanol–water partition coefficient (Wildman–Crippen LogP) is 0.628. The Hall–Kier alpha value is -1.43. The Morgan fingerprint density at radius 1 is 1.67 bits per heavy atom. The number of rotatable bonds is 2. The molecule has 1 rings (SSSR count). The number of esters is 1. The molecule has 0 atom stereocenters. The third kappa shape index (κ3) is 1.59. The maximum atomic E-state index is 10.8. The second-order valence-corrected chi connectivity index (χ2v) is 2.69. The van der Waals surface area contributed by atoms with Crippen LogP contribution < -0.4 is 0 Å². The van der Waals surface area contributed by atoms with Gasteiger partial charge in [-0.05, 0) is 0 Å². The van der Waals surface area contributed by atoms with Crippen LogP contribution in [0.3, 0.4) is 0 Å². The second kappa shape index (κ2) is 3.31. The molecule has 0 saturated carbocycles. The molecule has 12 heavy (non-hydrogen) atoms. The van der Waals surface area contributed by atoms with Crippen molar-refractivity contribution < 1.29 is 19.4 Å². The van der Waals surface area contributed by atoms with Gasteiger partial charge in [-0.2, -0.15) is 0 Å². The summed E-state index contributed by atoms with van der Waals surface area (Å²) in [6.07, 6.45) is 0. The van der Waals surface area contributed by atoms with E-state index >= 15 is 0 Å². The minimum absolute atomic E-state index is 0.0508. The highest BCUT2D eigenvalue weighted by atomic mass is 32.1. The molecule has 0 unspecified atom stereocenters. The van der Waals surface area contributed by atoms with Crippen molar-refractivity contribution in [3.63, 3.8) is 0 Å². The molecule has 0 aliphatic rings. The van der Waals surface area contributed by atoms with Gasteiger partial charge in [0.1, 0.15) is 0 Å². The number of ether oxygens (including phenoxy) is 1. The Morgan fingerprint density at radius 2 is 2.33 bits per heavy atom. The Labute approximate surface area is 71.6 Å². The molecule has 0 aliphatic heterocycles. The molecular weight excluding hydrogens is 182 g/mol. The highest BCUT2D eigenvalue weighted by Crippen LogP contribution is 2.10. The van der Waals surface area contributed by atoms with Gasteiger partial charge in [-0.15, -0.1) is 11.3 Å². The van der Waals surface area contributed by atoms with E-state index in [1.165, 1.54) is 12.5 Å². The molecule has 0 aromatic carbocycles. The standard InChI is InChI=1S/C6H5NO4S/c1-11-6(10)4-7-3(2-12-4)5(8)9/h2H,1H3,(H,8,9). The summed E-state index contributed by atoms with van der Waals surface area (Å²) in [6.45, 7) is 0. The average molecular weight is 187 g/mol. The number of carbonyl (C=O) groups is 2. The van der Waals surface area contributed by atoms with Crippen LogP contribution in [-0.4, -0.2) is 29.1 Å². The first-order valence-corrected chi connectivity index (χ1v) is 3.80. The van der Waals surface area contributed by atoms with E-state index in [1.54, 1.807) is 0 Å². The monoisotopic (exact) mass is 187 g/mol. The van der Waals surface area contributed by atoms with Gasteiger partial charge in [-0.25, -0.2) is 14.6 Å². The summed E-state index contributed by atoms with van der Waals surface area (Å²) in [5.41, 5.74) is -0.139. The summed E-state index contributed by atoms with van der Waals surface area (Å²) in [7, 11) is 1.21. The van der Waals surface area contributed by atoms with Gasteiger partial charge in [0, 0.05) is 5.38 Å². The van der Waals surface area contributed by atoms with E-state index in [0.717, 1.165) is 11.3 Å². The molecule has 64 valence electrons. The number of hydrogen-bond donors (Lipinski definition) is 1. The van der Waals surface area contributed by atoms with E-state index < -0.39 is 11.9 Å². The Bertz CT molecular complexity index is 319. The van der Waals surface area contributed by atoms with E-state index in [4.69, 9.17) is 5.11 Å². The zero-order valence-corrected chi connectivity index (χ0v) is 6.92. The maximum Gasteiger partial charge on any atom is 0.367 e. The lowest BCUT2D eigenvalue weighted by Crippen LogP contribution is -2.02. The second-order valence-electron chi connectivity index (χ2n) is 1.83. The van der Waals surface area contributed by atoms with Crippen LogP contribution in [0.15, 0.2) is 5.38 Å². The summed E-state index contributed by atoms with van der Waals surface area (Å²) in [5.74, 6) is -1.77. The molecule has 0 aliphatic carbocycles. The Kier molecular flexibility index (Phi) is 2.39. The van der Waals surface area contributed by atoms with Crippen LogP contribution >= 0.6 is 11.3 Å². The first kappa shape index (κ1) is 8.66. The summed E-state index contributed by atoms with van der Waals surface area (Å²) < 4.78 is 4.35. The topological polar surface area (TPSA) is 76.5 Å². The smallest absolute Gasteiger partial charge is 0.367 e. The third-order valence-corrected chi connectivity index (χ3v) is 1.91. The van der Waals surface area contributed by atoms with Gasteiger partial charge in [-0.3, -0.25) is 0 Å². The zero-order chi connectivity index (χ0) is 9.14. The lowest BCUT2D eigenvalue weighted by Gasteiger charge is -1.89. The molecule has 6 heteroatoms. The molecule has 0 amide bonds. The molecule has 1 heterocycles. The Morgan fingerprint density at radius 3 is 2.75 bits per heavy atom. The van der Waals surface area contributed by atoms with Crippen molar-refractivity contribution in [3.05, 3.63) is 16.1 Å². The van der Waals surface area contributed by atoms with Crippen molar-refractivity contribution in [2.75, 3.05) is 7.11 Å². The number of methoxy groups -OCH3 is 1. The fraction of sp³-hybridized carbons (Fsp3) is 0.167. The van der Waals surface area contributed by atoms with Crippen LogP contribution in [-0.2, 0) is 4.74 Å². The molecule has 0 spiro atoms. The minimum atomic E-state index is -1.15. The quantitative estimate of drug-likeness (QED) is 0.687. The number of thiazole rings is 1. The number of carboxylic acid groups (broad SMARTS) is 1. The fourth-order valence-corrected chi connectivity index (χ4v) is 1.26. The van der Waals surface area contributed by atoms with Crippen molar-refractivity contribution in [1.82, 2.24) is 4.98 Å². The van der Waals surface area contributed by atoms with Gasteiger partial charge in [0.15, 0.2) is 5.69 Å². The number of carbonyl (C=O) groups excluding carboxylic acids is 1. The van der Waals surface area contributed by atoms with Gasteiger partial charge in [0.2, 0.25) is 5.01 Å². The highest BCUT2D eigenvalue weighted by molar-refractivity contribution is 7.11. The fourth-order valence-electron chi connectivity index (χ4n) is 0.553. The molecule has 0 saturated heterocycles. The number of nitrogens with zero attached hydrogens (tertiary/aromatic N) is 1. The molecule has 0 fully saturated rings. The van der Waals surface area contributed by atoms with E-state index in [1.807, 2.05) is 0 Å². The van der Waals surface area contributed by atoms with Crippen LogP contribution in [0, 0.1) is 0 Å². The summed E-state index contributed by atoms with van der Waals surface area (Å²) >= 11 is 0.944. The van der Waals surface area contributed by atoms with Crippen molar-refractivity contribution in [3.8, 4) is 0 Å². The molecule has 5 nitrogen and oxygen atoms in total. The molecule has 1 aromatic heterocycles. The lowest BCUT2D eigenvalue weighted by atomic mass is 10.5. The summed E-state index contributed by atoms with van der Waals surface area (Å²) in [5, 5.41) is 9.78. The van der Waals surface area contributed by atoms with E-state index in [9.17, 15) is 9.59 Å². The number of carboxylic acids is 1. The molecule has 0 bridgehead atoms. The van der Waals surface area contributed by atoms with Gasteiger partial charge in [0.05, 0.1) is 7.11 Å². The van der Waals surface area contributed by atoms with Crippen molar-refractivity contribution in [2.24, 2.45) is 0 Å². The number of aromatic nitrogens is 1. The van der Waals surface area contributed by atoms with Crippen LogP contribution in [0.4, 0.5) is 0 Å². The first-order valence-electron chi connectivity index (χ1n) is 2.92. The SMILES string of the molecule is COC(=O)c1nc(C(=O)O)cs1. The van der Waals surface area contributed by atoms with E-state index in [-0.39, 0.29) is 10.7 Å². The van der Waals surface area contributed by atoms with Crippen LogP contribution in [0.25, 0.3) is 0 Å². The molecular formula is C6H5NO4S. The number of hydrogen-bond acceptors (Lipinski definition) is 5. The summed E-state index contributed by atoms with van der Waals surface area (Å²) in [4.78, 5) is 24.6. The lowest BCUT2D eigenvalue weighted by molar-refractivity contribution is 0.0600. The van der Waals surface area contributed by atoms with Crippen LogP contribution in [0.1, 0.15) is 20.3 Å². The zero-order valence-electron chi connectivity index (χ0n) is 6.10. The molecule has 1 N–H and O–H groups in total. The first-order chi connectivity index (χ1) is 5.65. The average Bonchev–Trinajstić information content (AvgIpc) is 2.51.